The van der Waals surface area contributed by atoms with Crippen molar-refractivity contribution in [3.8, 4) is 0 Å². The number of benzene rings is 1. The standard InChI is InChI=1S/C15H18N2S/c1-10-11(2)16-17(12(10)3)8-13-9-18-15-7-5-4-6-14(13)15/h4-7,13H,8-9H2,1-3H3. The molecule has 2 nitrogen and oxygen atoms in total. The van der Waals surface area contributed by atoms with Gasteiger partial charge in [-0.25, -0.2) is 0 Å². The van der Waals surface area contributed by atoms with E-state index in [1.807, 2.05) is 11.8 Å². The second-order valence-electron chi connectivity index (χ2n) is 5.02. The average molecular weight is 258 g/mol. The van der Waals surface area contributed by atoms with E-state index in [0.29, 0.717) is 5.92 Å². The molecule has 0 spiro atoms. The van der Waals surface area contributed by atoms with E-state index in [9.17, 15) is 0 Å². The van der Waals surface area contributed by atoms with E-state index >= 15 is 0 Å². The molecule has 0 radical (unpaired) electrons. The molecule has 0 N–H and O–H groups in total. The maximum Gasteiger partial charge on any atom is 0.0625 e. The van der Waals surface area contributed by atoms with Crippen molar-refractivity contribution >= 4 is 11.8 Å². The van der Waals surface area contributed by atoms with Crippen molar-refractivity contribution in [2.45, 2.75) is 38.1 Å². The van der Waals surface area contributed by atoms with Gasteiger partial charge in [-0.1, -0.05) is 18.2 Å². The zero-order valence-electron chi connectivity index (χ0n) is 11.1. The number of thioether (sulfide) groups is 1. The van der Waals surface area contributed by atoms with Gasteiger partial charge in [0.15, 0.2) is 0 Å². The summed E-state index contributed by atoms with van der Waals surface area (Å²) in [4.78, 5) is 1.45. The van der Waals surface area contributed by atoms with Crippen LogP contribution in [0.15, 0.2) is 29.2 Å². The van der Waals surface area contributed by atoms with Crippen LogP contribution in [0, 0.1) is 20.8 Å². The van der Waals surface area contributed by atoms with Gasteiger partial charge in [-0.2, -0.15) is 5.10 Å². The Balaban J connectivity index is 1.88. The fraction of sp³-hybridized carbons (Fsp3) is 0.400. The Kier molecular flexibility index (Phi) is 2.94. The molecule has 0 saturated carbocycles. The summed E-state index contributed by atoms with van der Waals surface area (Å²) in [6.45, 7) is 7.43. The number of nitrogens with zero attached hydrogens (tertiary/aromatic N) is 2. The lowest BCUT2D eigenvalue weighted by Crippen LogP contribution is -2.11. The minimum atomic E-state index is 0.601. The average Bonchev–Trinajstić information content (AvgIpc) is 2.89. The SMILES string of the molecule is Cc1nn(CC2CSc3ccccc32)c(C)c1C. The van der Waals surface area contributed by atoms with Gasteiger partial charge in [0.2, 0.25) is 0 Å². The highest BCUT2D eigenvalue weighted by molar-refractivity contribution is 7.99. The lowest BCUT2D eigenvalue weighted by Gasteiger charge is -2.12. The Morgan fingerprint density at radius 1 is 1.28 bits per heavy atom. The summed E-state index contributed by atoms with van der Waals surface area (Å²) in [5, 5.41) is 4.65. The van der Waals surface area contributed by atoms with Crippen molar-refractivity contribution in [1.82, 2.24) is 9.78 Å². The Bertz CT molecular complexity index is 586. The minimum absolute atomic E-state index is 0.601. The second-order valence-corrected chi connectivity index (χ2v) is 6.09. The van der Waals surface area contributed by atoms with Crippen molar-refractivity contribution in [2.75, 3.05) is 5.75 Å². The normalized spacial score (nSPS) is 18.1. The Labute approximate surface area is 112 Å². The highest BCUT2D eigenvalue weighted by atomic mass is 32.2. The van der Waals surface area contributed by atoms with Gasteiger partial charge in [-0.15, -0.1) is 11.8 Å². The van der Waals surface area contributed by atoms with Crippen LogP contribution in [0.25, 0.3) is 0 Å². The van der Waals surface area contributed by atoms with Gasteiger partial charge in [0, 0.05) is 28.8 Å². The van der Waals surface area contributed by atoms with Crippen LogP contribution in [0.1, 0.15) is 28.4 Å². The maximum absolute atomic E-state index is 4.65. The third-order valence-corrected chi connectivity index (χ3v) is 5.19. The van der Waals surface area contributed by atoms with Gasteiger partial charge in [-0.3, -0.25) is 4.68 Å². The fourth-order valence-electron chi connectivity index (χ4n) is 2.55. The molecule has 1 aromatic carbocycles. The van der Waals surface area contributed by atoms with Crippen LogP contribution in [0.2, 0.25) is 0 Å². The van der Waals surface area contributed by atoms with Gasteiger partial charge in [0.05, 0.1) is 5.69 Å². The summed E-state index contributed by atoms with van der Waals surface area (Å²) in [7, 11) is 0. The molecule has 3 rings (SSSR count). The lowest BCUT2D eigenvalue weighted by atomic mass is 10.0. The first kappa shape index (κ1) is 11.8. The summed E-state index contributed by atoms with van der Waals surface area (Å²) in [5.74, 6) is 1.78. The monoisotopic (exact) mass is 258 g/mol. The van der Waals surface area contributed by atoms with Crippen LogP contribution in [0.3, 0.4) is 0 Å². The van der Waals surface area contributed by atoms with Crippen molar-refractivity contribution in [2.24, 2.45) is 0 Å². The Morgan fingerprint density at radius 3 is 2.78 bits per heavy atom. The molecule has 0 aliphatic carbocycles. The molecule has 0 fully saturated rings. The smallest absolute Gasteiger partial charge is 0.0625 e. The van der Waals surface area contributed by atoms with Crippen LogP contribution in [-0.2, 0) is 6.54 Å². The fourth-order valence-corrected chi connectivity index (χ4v) is 3.80. The van der Waals surface area contributed by atoms with Crippen LogP contribution >= 0.6 is 11.8 Å². The molecule has 0 bridgehead atoms. The summed E-state index contributed by atoms with van der Waals surface area (Å²) < 4.78 is 2.18. The van der Waals surface area contributed by atoms with Crippen molar-refractivity contribution in [3.63, 3.8) is 0 Å². The van der Waals surface area contributed by atoms with Crippen LogP contribution in [-0.4, -0.2) is 15.5 Å². The van der Waals surface area contributed by atoms with E-state index in [4.69, 9.17) is 0 Å². The van der Waals surface area contributed by atoms with E-state index in [1.165, 1.54) is 27.5 Å². The molecule has 0 saturated heterocycles. The van der Waals surface area contributed by atoms with Gasteiger partial charge in [0.25, 0.3) is 0 Å². The van der Waals surface area contributed by atoms with Crippen molar-refractivity contribution in [3.05, 3.63) is 46.8 Å². The first-order valence-corrected chi connectivity index (χ1v) is 7.37. The van der Waals surface area contributed by atoms with Crippen LogP contribution in [0.4, 0.5) is 0 Å². The van der Waals surface area contributed by atoms with E-state index in [-0.39, 0.29) is 0 Å². The van der Waals surface area contributed by atoms with Crippen LogP contribution in [0.5, 0.6) is 0 Å². The number of aromatic nitrogens is 2. The maximum atomic E-state index is 4.65. The molecule has 2 heterocycles. The summed E-state index contributed by atoms with van der Waals surface area (Å²) in [6, 6.07) is 8.76. The number of hydrogen-bond acceptors (Lipinski definition) is 2. The number of rotatable bonds is 2. The molecule has 1 aromatic heterocycles. The molecule has 1 aliphatic rings. The number of hydrogen-bond donors (Lipinski definition) is 0. The number of fused-ring (bicyclic) bond motifs is 1. The predicted molar refractivity (Wildman–Crippen MR) is 76.3 cm³/mol. The highest BCUT2D eigenvalue weighted by Crippen LogP contribution is 2.40. The predicted octanol–water partition coefficient (Wildman–Crippen LogP) is 3.70. The molecular formula is C15H18N2S. The molecule has 1 aliphatic heterocycles. The molecule has 94 valence electrons. The molecule has 1 atom stereocenters. The minimum Gasteiger partial charge on any atom is -0.269 e. The van der Waals surface area contributed by atoms with E-state index in [0.717, 1.165) is 12.2 Å². The number of aryl methyl sites for hydroxylation is 1. The van der Waals surface area contributed by atoms with Gasteiger partial charge >= 0.3 is 0 Å². The lowest BCUT2D eigenvalue weighted by molar-refractivity contribution is 0.534. The summed E-state index contributed by atoms with van der Waals surface area (Å²) in [5.41, 5.74) is 5.29. The van der Waals surface area contributed by atoms with E-state index in [1.54, 1.807) is 0 Å². The third-order valence-electron chi connectivity index (χ3n) is 3.94. The zero-order valence-corrected chi connectivity index (χ0v) is 11.9. The van der Waals surface area contributed by atoms with Crippen molar-refractivity contribution < 1.29 is 0 Å². The summed E-state index contributed by atoms with van der Waals surface area (Å²) in [6.07, 6.45) is 0. The topological polar surface area (TPSA) is 17.8 Å². The third kappa shape index (κ3) is 1.87. The highest BCUT2D eigenvalue weighted by Gasteiger charge is 2.24. The molecule has 18 heavy (non-hydrogen) atoms. The largest absolute Gasteiger partial charge is 0.269 e. The van der Waals surface area contributed by atoms with E-state index in [2.05, 4.69) is 54.8 Å². The van der Waals surface area contributed by atoms with Gasteiger partial charge in [-0.05, 0) is 38.0 Å². The molecular weight excluding hydrogens is 240 g/mol. The van der Waals surface area contributed by atoms with Gasteiger partial charge in [0.1, 0.15) is 0 Å². The second kappa shape index (κ2) is 4.47. The van der Waals surface area contributed by atoms with Crippen LogP contribution < -0.4 is 0 Å². The van der Waals surface area contributed by atoms with Crippen molar-refractivity contribution in [1.29, 1.82) is 0 Å². The van der Waals surface area contributed by atoms with Gasteiger partial charge < -0.3 is 0 Å². The first-order valence-electron chi connectivity index (χ1n) is 6.39. The molecule has 3 heteroatoms. The van der Waals surface area contributed by atoms with E-state index < -0.39 is 0 Å². The zero-order chi connectivity index (χ0) is 12.7. The first-order chi connectivity index (χ1) is 8.66. The quantitative estimate of drug-likeness (QED) is 0.817. The summed E-state index contributed by atoms with van der Waals surface area (Å²) >= 11 is 1.97. The molecule has 2 aromatic rings. The molecule has 0 amide bonds. The Morgan fingerprint density at radius 2 is 2.06 bits per heavy atom. The molecule has 1 unspecified atom stereocenters. The Hall–Kier alpha value is -1.22.